The van der Waals surface area contributed by atoms with Gasteiger partial charge in [0.1, 0.15) is 0 Å². The second-order valence-electron chi connectivity index (χ2n) is 6.30. The number of benzene rings is 1. The minimum absolute atomic E-state index is 0.126. The maximum atomic E-state index is 12.8. The van der Waals surface area contributed by atoms with Gasteiger partial charge in [0, 0.05) is 40.1 Å². The lowest BCUT2D eigenvalue weighted by molar-refractivity contribution is 0.0713. The molecule has 0 unspecified atom stereocenters. The molecule has 128 valence electrons. The summed E-state index contributed by atoms with van der Waals surface area (Å²) in [5, 5.41) is 9.48. The lowest BCUT2D eigenvalue weighted by atomic mass is 9.89. The first-order chi connectivity index (χ1) is 12.2. The second kappa shape index (κ2) is 7.02. The van der Waals surface area contributed by atoms with E-state index in [-0.39, 0.29) is 5.91 Å². The first kappa shape index (κ1) is 16.4. The van der Waals surface area contributed by atoms with Crippen molar-refractivity contribution < 1.29 is 4.79 Å². The fraction of sp³-hybridized carbons (Fsp3) is 0.263. The van der Waals surface area contributed by atoms with Crippen LogP contribution >= 0.6 is 22.9 Å². The topological polar surface area (TPSA) is 49.0 Å². The van der Waals surface area contributed by atoms with Crippen molar-refractivity contribution in [1.29, 1.82) is 0 Å². The summed E-state index contributed by atoms with van der Waals surface area (Å²) in [7, 11) is 0. The fourth-order valence-corrected chi connectivity index (χ4v) is 4.31. The maximum absolute atomic E-state index is 12.8. The lowest BCUT2D eigenvalue weighted by Crippen LogP contribution is -2.37. The monoisotopic (exact) mass is 371 g/mol. The van der Waals surface area contributed by atoms with Crippen LogP contribution in [0.25, 0.3) is 10.4 Å². The number of thiophene rings is 1. The van der Waals surface area contributed by atoms with Gasteiger partial charge in [0.2, 0.25) is 0 Å². The molecular weight excluding hydrogens is 354 g/mol. The SMILES string of the molecule is O=C(c1csc(-c2cn[nH]c2)c1)N1CCC(c2ccc(Cl)cc2)CC1. The van der Waals surface area contributed by atoms with Crippen molar-refractivity contribution in [3.63, 3.8) is 0 Å². The molecule has 0 spiro atoms. The Morgan fingerprint density at radius 3 is 2.68 bits per heavy atom. The molecule has 0 bridgehead atoms. The van der Waals surface area contributed by atoms with Crippen LogP contribution in [0.5, 0.6) is 0 Å². The van der Waals surface area contributed by atoms with Crippen molar-refractivity contribution in [3.05, 3.63) is 64.3 Å². The van der Waals surface area contributed by atoms with E-state index in [4.69, 9.17) is 11.6 Å². The Balaban J connectivity index is 1.40. The largest absolute Gasteiger partial charge is 0.339 e. The zero-order valence-electron chi connectivity index (χ0n) is 13.6. The zero-order chi connectivity index (χ0) is 17.2. The number of carbonyl (C=O) groups is 1. The number of amides is 1. The molecule has 3 heterocycles. The predicted octanol–water partition coefficient (Wildman–Crippen LogP) is 4.81. The van der Waals surface area contributed by atoms with Gasteiger partial charge in [-0.2, -0.15) is 5.10 Å². The number of aromatic amines is 1. The van der Waals surface area contributed by atoms with E-state index >= 15 is 0 Å². The number of carbonyl (C=O) groups excluding carboxylic acids is 1. The van der Waals surface area contributed by atoms with E-state index < -0.39 is 0 Å². The number of rotatable bonds is 3. The molecule has 1 fully saturated rings. The third-order valence-electron chi connectivity index (χ3n) is 4.75. The van der Waals surface area contributed by atoms with Crippen LogP contribution in [0.2, 0.25) is 5.02 Å². The van der Waals surface area contributed by atoms with E-state index in [2.05, 4.69) is 22.3 Å². The molecule has 0 atom stereocenters. The normalized spacial score (nSPS) is 15.5. The molecule has 25 heavy (non-hydrogen) atoms. The summed E-state index contributed by atoms with van der Waals surface area (Å²) in [4.78, 5) is 15.8. The van der Waals surface area contributed by atoms with E-state index in [0.717, 1.165) is 47.0 Å². The Labute approximate surface area is 155 Å². The molecule has 1 N–H and O–H groups in total. The minimum atomic E-state index is 0.126. The third-order valence-corrected chi connectivity index (χ3v) is 5.98. The smallest absolute Gasteiger partial charge is 0.254 e. The molecule has 4 rings (SSSR count). The van der Waals surface area contributed by atoms with E-state index in [0.29, 0.717) is 5.92 Å². The highest BCUT2D eigenvalue weighted by Crippen LogP contribution is 2.31. The first-order valence-corrected chi connectivity index (χ1v) is 9.59. The van der Waals surface area contributed by atoms with Crippen LogP contribution < -0.4 is 0 Å². The van der Waals surface area contributed by atoms with Crippen molar-refractivity contribution in [2.24, 2.45) is 0 Å². The van der Waals surface area contributed by atoms with E-state index in [1.807, 2.05) is 34.7 Å². The van der Waals surface area contributed by atoms with Crippen molar-refractivity contribution in [2.45, 2.75) is 18.8 Å². The van der Waals surface area contributed by atoms with Crippen molar-refractivity contribution in [2.75, 3.05) is 13.1 Å². The van der Waals surface area contributed by atoms with Crippen molar-refractivity contribution >= 4 is 28.8 Å². The number of H-pyrrole nitrogens is 1. The molecule has 1 aliphatic heterocycles. The Morgan fingerprint density at radius 2 is 2.00 bits per heavy atom. The summed E-state index contributed by atoms with van der Waals surface area (Å²) in [5.74, 6) is 0.630. The number of halogens is 1. The van der Waals surface area contributed by atoms with E-state index in [9.17, 15) is 4.79 Å². The summed E-state index contributed by atoms with van der Waals surface area (Å²) < 4.78 is 0. The van der Waals surface area contributed by atoms with Gasteiger partial charge in [0.05, 0.1) is 11.8 Å². The average molecular weight is 372 g/mol. The van der Waals surface area contributed by atoms with Crippen LogP contribution in [0.1, 0.15) is 34.7 Å². The quantitative estimate of drug-likeness (QED) is 0.718. The fourth-order valence-electron chi connectivity index (χ4n) is 3.32. The van der Waals surface area contributed by atoms with Gasteiger partial charge in [-0.25, -0.2) is 0 Å². The van der Waals surface area contributed by atoms with E-state index in [1.54, 1.807) is 17.5 Å². The molecule has 1 aromatic carbocycles. The number of hydrogen-bond acceptors (Lipinski definition) is 3. The number of likely N-dealkylation sites (tertiary alicyclic amines) is 1. The minimum Gasteiger partial charge on any atom is -0.339 e. The molecule has 0 saturated carbocycles. The van der Waals surface area contributed by atoms with Gasteiger partial charge < -0.3 is 4.90 Å². The zero-order valence-corrected chi connectivity index (χ0v) is 15.2. The predicted molar refractivity (Wildman–Crippen MR) is 101 cm³/mol. The van der Waals surface area contributed by atoms with Gasteiger partial charge in [0.25, 0.3) is 5.91 Å². The van der Waals surface area contributed by atoms with Crippen LogP contribution in [0.15, 0.2) is 48.1 Å². The number of aromatic nitrogens is 2. The van der Waals surface area contributed by atoms with Crippen LogP contribution in [0.4, 0.5) is 0 Å². The lowest BCUT2D eigenvalue weighted by Gasteiger charge is -2.32. The highest BCUT2D eigenvalue weighted by molar-refractivity contribution is 7.13. The molecule has 2 aromatic heterocycles. The van der Waals surface area contributed by atoms with Gasteiger partial charge in [-0.3, -0.25) is 9.89 Å². The Morgan fingerprint density at radius 1 is 1.24 bits per heavy atom. The second-order valence-corrected chi connectivity index (χ2v) is 7.65. The summed E-state index contributed by atoms with van der Waals surface area (Å²) in [5.41, 5.74) is 3.10. The number of nitrogens with zero attached hydrogens (tertiary/aromatic N) is 2. The highest BCUT2D eigenvalue weighted by Gasteiger charge is 2.25. The molecule has 0 radical (unpaired) electrons. The van der Waals surface area contributed by atoms with Crippen LogP contribution in [0.3, 0.4) is 0 Å². The van der Waals surface area contributed by atoms with Gasteiger partial charge in [-0.05, 0) is 42.5 Å². The molecule has 1 saturated heterocycles. The van der Waals surface area contributed by atoms with Crippen molar-refractivity contribution in [3.8, 4) is 10.4 Å². The third kappa shape index (κ3) is 3.48. The van der Waals surface area contributed by atoms with Gasteiger partial charge >= 0.3 is 0 Å². The van der Waals surface area contributed by atoms with Crippen LogP contribution in [0, 0.1) is 0 Å². The number of hydrogen-bond donors (Lipinski definition) is 1. The number of nitrogens with one attached hydrogen (secondary N) is 1. The molecule has 6 heteroatoms. The Hall–Kier alpha value is -2.11. The Bertz CT molecular complexity index is 849. The molecule has 4 nitrogen and oxygen atoms in total. The van der Waals surface area contributed by atoms with Gasteiger partial charge in [-0.1, -0.05) is 23.7 Å². The van der Waals surface area contributed by atoms with E-state index in [1.165, 1.54) is 5.56 Å². The molecular formula is C19H18ClN3OS. The van der Waals surface area contributed by atoms with Gasteiger partial charge in [0.15, 0.2) is 0 Å². The highest BCUT2D eigenvalue weighted by atomic mass is 35.5. The van der Waals surface area contributed by atoms with Crippen molar-refractivity contribution in [1.82, 2.24) is 15.1 Å². The summed E-state index contributed by atoms with van der Waals surface area (Å²) in [6.07, 6.45) is 5.60. The van der Waals surface area contributed by atoms with Crippen LogP contribution in [-0.4, -0.2) is 34.1 Å². The maximum Gasteiger partial charge on any atom is 0.254 e. The summed E-state index contributed by atoms with van der Waals surface area (Å²) in [6, 6.07) is 10.0. The molecule has 1 amide bonds. The Kier molecular flexibility index (Phi) is 4.59. The first-order valence-electron chi connectivity index (χ1n) is 8.33. The molecule has 3 aromatic rings. The molecule has 0 aliphatic carbocycles. The van der Waals surface area contributed by atoms with Crippen LogP contribution in [-0.2, 0) is 0 Å². The molecule has 1 aliphatic rings. The average Bonchev–Trinajstić information content (AvgIpc) is 3.33. The van der Waals surface area contributed by atoms with Gasteiger partial charge in [-0.15, -0.1) is 11.3 Å². The summed E-state index contributed by atoms with van der Waals surface area (Å²) >= 11 is 7.54. The summed E-state index contributed by atoms with van der Waals surface area (Å²) in [6.45, 7) is 1.59. The number of piperidine rings is 1. The standard InChI is InChI=1S/C19H18ClN3OS/c20-17-3-1-13(2-4-17)14-5-7-23(8-6-14)19(24)15-9-18(25-12-15)16-10-21-22-11-16/h1-4,9-12,14H,5-8H2,(H,21,22).